The molecule has 0 bridgehead atoms. The Hall–Kier alpha value is -2.12. The maximum atomic E-state index is 12.3. The number of thiazole rings is 1. The van der Waals surface area contributed by atoms with Gasteiger partial charge in [0.05, 0.1) is 16.8 Å². The van der Waals surface area contributed by atoms with Crippen molar-refractivity contribution in [2.45, 2.75) is 19.9 Å². The van der Waals surface area contributed by atoms with Crippen LogP contribution in [-0.2, 0) is 13.0 Å². The summed E-state index contributed by atoms with van der Waals surface area (Å²) in [6, 6.07) is 10.5. The molecule has 1 aliphatic rings. The first-order chi connectivity index (χ1) is 12.7. The first-order valence-electron chi connectivity index (χ1n) is 8.93. The molecule has 1 aromatic carbocycles. The molecule has 0 radical (unpaired) electrons. The molecule has 3 aromatic rings. The number of hydrogen-bond acceptors (Lipinski definition) is 5. The molecule has 5 nitrogen and oxygen atoms in total. The minimum atomic E-state index is 0.0237. The van der Waals surface area contributed by atoms with Crippen LogP contribution in [0.2, 0.25) is 0 Å². The molecule has 0 atom stereocenters. The summed E-state index contributed by atoms with van der Waals surface area (Å²) in [7, 11) is 0. The molecule has 2 amide bonds. The number of carbonyl (C=O) groups excluding carboxylic acids is 1. The average molecular weight is 387 g/mol. The smallest absolute Gasteiger partial charge is 0.317 e. The van der Waals surface area contributed by atoms with E-state index < -0.39 is 0 Å². The van der Waals surface area contributed by atoms with E-state index in [0.29, 0.717) is 6.54 Å². The monoisotopic (exact) mass is 386 g/mol. The summed E-state index contributed by atoms with van der Waals surface area (Å²) in [5.41, 5.74) is 2.43. The Morgan fingerprint density at radius 2 is 2.04 bits per heavy atom. The lowest BCUT2D eigenvalue weighted by Gasteiger charge is -2.34. The normalized spacial score (nSPS) is 14.8. The number of amides is 2. The molecule has 0 saturated carbocycles. The highest BCUT2D eigenvalue weighted by Gasteiger charge is 2.23. The largest absolute Gasteiger partial charge is 0.345 e. The zero-order valence-corrected chi connectivity index (χ0v) is 16.4. The molecule has 136 valence electrons. The number of rotatable bonds is 4. The summed E-state index contributed by atoms with van der Waals surface area (Å²) in [4.78, 5) is 22.6. The van der Waals surface area contributed by atoms with Crippen LogP contribution in [0.25, 0.3) is 10.2 Å². The number of thiophene rings is 1. The van der Waals surface area contributed by atoms with E-state index in [0.717, 1.165) is 43.2 Å². The maximum Gasteiger partial charge on any atom is 0.317 e. The molecule has 1 fully saturated rings. The van der Waals surface area contributed by atoms with Crippen molar-refractivity contribution in [2.24, 2.45) is 0 Å². The number of carbonyl (C=O) groups is 1. The first kappa shape index (κ1) is 17.3. The Bertz CT molecular complexity index is 882. The summed E-state index contributed by atoms with van der Waals surface area (Å²) in [6.07, 6.45) is 0.999. The number of anilines is 1. The van der Waals surface area contributed by atoms with Gasteiger partial charge >= 0.3 is 6.03 Å². The molecule has 7 heteroatoms. The number of urea groups is 1. The number of hydrogen-bond donors (Lipinski definition) is 1. The fourth-order valence-electron chi connectivity index (χ4n) is 3.20. The van der Waals surface area contributed by atoms with Gasteiger partial charge in [0.1, 0.15) is 0 Å². The minimum Gasteiger partial charge on any atom is -0.345 e. The second kappa shape index (κ2) is 7.63. The molecule has 3 heterocycles. The quantitative estimate of drug-likeness (QED) is 0.739. The number of fused-ring (bicyclic) bond motifs is 1. The molecular weight excluding hydrogens is 364 g/mol. The van der Waals surface area contributed by atoms with Crippen LogP contribution in [0, 0.1) is 0 Å². The number of para-hydroxylation sites is 1. The third-order valence-corrected chi connectivity index (χ3v) is 6.66. The highest BCUT2D eigenvalue weighted by atomic mass is 32.1. The highest BCUT2D eigenvalue weighted by molar-refractivity contribution is 7.22. The molecule has 26 heavy (non-hydrogen) atoms. The standard InChI is InChI=1S/C19H22N4OS2/c1-2-14-5-3-7-16-17(14)21-19(26-16)23-10-8-22(9-11-23)18(24)20-13-15-6-4-12-25-15/h3-7,12H,2,8-11,13H2,1H3,(H,20,24). The van der Waals surface area contributed by atoms with Crippen LogP contribution < -0.4 is 10.2 Å². The van der Waals surface area contributed by atoms with Crippen LogP contribution in [0.4, 0.5) is 9.93 Å². The SMILES string of the molecule is CCc1cccc2sc(N3CCN(C(=O)NCc4cccs4)CC3)nc12. The lowest BCUT2D eigenvalue weighted by Crippen LogP contribution is -2.51. The fraction of sp³-hybridized carbons (Fsp3) is 0.368. The molecule has 1 saturated heterocycles. The summed E-state index contributed by atoms with van der Waals surface area (Å²) >= 11 is 3.41. The predicted octanol–water partition coefficient (Wildman–Crippen LogP) is 3.95. The topological polar surface area (TPSA) is 48.5 Å². The van der Waals surface area contributed by atoms with Gasteiger partial charge in [-0.05, 0) is 29.5 Å². The number of benzene rings is 1. The summed E-state index contributed by atoms with van der Waals surface area (Å²) in [6.45, 7) is 5.89. The van der Waals surface area contributed by atoms with Crippen LogP contribution in [0.1, 0.15) is 17.4 Å². The number of nitrogens with zero attached hydrogens (tertiary/aromatic N) is 3. The Morgan fingerprint density at radius 1 is 1.19 bits per heavy atom. The zero-order chi connectivity index (χ0) is 17.9. The van der Waals surface area contributed by atoms with Gasteiger partial charge in [0.25, 0.3) is 0 Å². The number of aromatic nitrogens is 1. The van der Waals surface area contributed by atoms with Gasteiger partial charge in [-0.1, -0.05) is 36.5 Å². The van der Waals surface area contributed by atoms with E-state index >= 15 is 0 Å². The summed E-state index contributed by atoms with van der Waals surface area (Å²) < 4.78 is 1.25. The summed E-state index contributed by atoms with van der Waals surface area (Å²) in [5, 5.41) is 6.11. The van der Waals surface area contributed by atoms with Crippen molar-refractivity contribution in [1.29, 1.82) is 0 Å². The van der Waals surface area contributed by atoms with Crippen LogP contribution in [0.5, 0.6) is 0 Å². The van der Waals surface area contributed by atoms with Crippen molar-refractivity contribution < 1.29 is 4.79 Å². The van der Waals surface area contributed by atoms with Crippen LogP contribution in [0.3, 0.4) is 0 Å². The van der Waals surface area contributed by atoms with Crippen LogP contribution >= 0.6 is 22.7 Å². The van der Waals surface area contributed by atoms with Gasteiger partial charge in [0, 0.05) is 31.1 Å². The minimum absolute atomic E-state index is 0.0237. The molecule has 0 spiro atoms. The lowest BCUT2D eigenvalue weighted by molar-refractivity contribution is 0.194. The molecule has 4 rings (SSSR count). The molecule has 2 aromatic heterocycles. The lowest BCUT2D eigenvalue weighted by atomic mass is 10.1. The Kier molecular flexibility index (Phi) is 5.08. The van der Waals surface area contributed by atoms with Gasteiger partial charge in [-0.2, -0.15) is 0 Å². The third-order valence-electron chi connectivity index (χ3n) is 4.70. The van der Waals surface area contributed by atoms with Gasteiger partial charge in [0.15, 0.2) is 5.13 Å². The Morgan fingerprint density at radius 3 is 2.77 bits per heavy atom. The van der Waals surface area contributed by atoms with E-state index in [1.165, 1.54) is 15.1 Å². The predicted molar refractivity (Wildman–Crippen MR) is 109 cm³/mol. The van der Waals surface area contributed by atoms with E-state index in [4.69, 9.17) is 4.98 Å². The maximum absolute atomic E-state index is 12.3. The van der Waals surface area contributed by atoms with Crippen molar-refractivity contribution in [2.75, 3.05) is 31.1 Å². The van der Waals surface area contributed by atoms with Gasteiger partial charge in [-0.3, -0.25) is 0 Å². The molecule has 1 aliphatic heterocycles. The molecular formula is C19H22N4OS2. The third kappa shape index (κ3) is 3.54. The van der Waals surface area contributed by atoms with Crippen molar-refractivity contribution in [1.82, 2.24) is 15.2 Å². The van der Waals surface area contributed by atoms with Crippen molar-refractivity contribution in [3.05, 3.63) is 46.2 Å². The van der Waals surface area contributed by atoms with Crippen molar-refractivity contribution in [3.63, 3.8) is 0 Å². The zero-order valence-electron chi connectivity index (χ0n) is 14.8. The summed E-state index contributed by atoms with van der Waals surface area (Å²) in [5.74, 6) is 0. The first-order valence-corrected chi connectivity index (χ1v) is 10.6. The molecule has 0 aliphatic carbocycles. The van der Waals surface area contributed by atoms with Gasteiger partial charge in [-0.15, -0.1) is 11.3 Å². The number of aryl methyl sites for hydroxylation is 1. The van der Waals surface area contributed by atoms with E-state index in [-0.39, 0.29) is 6.03 Å². The van der Waals surface area contributed by atoms with E-state index in [2.05, 4.69) is 35.3 Å². The van der Waals surface area contributed by atoms with Gasteiger partial charge < -0.3 is 15.1 Å². The molecule has 1 N–H and O–H groups in total. The van der Waals surface area contributed by atoms with Crippen molar-refractivity contribution in [3.8, 4) is 0 Å². The Balaban J connectivity index is 1.36. The van der Waals surface area contributed by atoms with Crippen molar-refractivity contribution >= 4 is 44.1 Å². The van der Waals surface area contributed by atoms with E-state index in [1.54, 1.807) is 22.7 Å². The second-order valence-electron chi connectivity index (χ2n) is 6.33. The van der Waals surface area contributed by atoms with E-state index in [9.17, 15) is 4.79 Å². The number of nitrogens with one attached hydrogen (secondary N) is 1. The fourth-order valence-corrected chi connectivity index (χ4v) is 4.91. The Labute approximate surface area is 161 Å². The number of piperazine rings is 1. The van der Waals surface area contributed by atoms with Gasteiger partial charge in [0.2, 0.25) is 0 Å². The van der Waals surface area contributed by atoms with Crippen LogP contribution in [0.15, 0.2) is 35.7 Å². The van der Waals surface area contributed by atoms with E-state index in [1.807, 2.05) is 22.4 Å². The molecule has 0 unspecified atom stereocenters. The van der Waals surface area contributed by atoms with Gasteiger partial charge in [-0.25, -0.2) is 9.78 Å². The van der Waals surface area contributed by atoms with Crippen LogP contribution in [-0.4, -0.2) is 42.1 Å². The second-order valence-corrected chi connectivity index (χ2v) is 8.37. The average Bonchev–Trinajstić information content (AvgIpc) is 3.35. The highest BCUT2D eigenvalue weighted by Crippen LogP contribution is 2.31.